The topological polar surface area (TPSA) is 77.2 Å². The molecule has 0 atom stereocenters. The van der Waals surface area contributed by atoms with Gasteiger partial charge in [-0.1, -0.05) is 0 Å². The van der Waals surface area contributed by atoms with Gasteiger partial charge in [0.05, 0.1) is 0 Å². The fraction of sp³-hybridized carbons (Fsp3) is 0.182. The van der Waals surface area contributed by atoms with Gasteiger partial charge in [-0.15, -0.1) is 5.10 Å². The highest BCUT2D eigenvalue weighted by Gasteiger charge is 2.35. The van der Waals surface area contributed by atoms with Gasteiger partial charge >= 0.3 is 12.1 Å². The molecule has 0 amide bonds. The third-order valence-corrected chi connectivity index (χ3v) is 2.35. The van der Waals surface area contributed by atoms with Crippen molar-refractivity contribution in [3.8, 4) is 11.8 Å². The number of nitrogens with zero attached hydrogens (tertiary/aromatic N) is 3. The zero-order valence-corrected chi connectivity index (χ0v) is 10.0. The first kappa shape index (κ1) is 13.8. The van der Waals surface area contributed by atoms with Gasteiger partial charge in [0, 0.05) is 19.3 Å². The summed E-state index contributed by atoms with van der Waals surface area (Å²) in [5.74, 6) is -2.02. The smallest absolute Gasteiger partial charge is 0.433 e. The summed E-state index contributed by atoms with van der Waals surface area (Å²) in [4.78, 5) is 14.6. The van der Waals surface area contributed by atoms with E-state index in [1.165, 1.54) is 18.3 Å². The molecule has 2 rings (SSSR count). The molecule has 0 saturated carbocycles. The van der Waals surface area contributed by atoms with E-state index in [1.54, 1.807) is 0 Å². The van der Waals surface area contributed by atoms with E-state index in [1.807, 2.05) is 0 Å². The summed E-state index contributed by atoms with van der Waals surface area (Å²) in [6.07, 6.45) is -3.32. The minimum absolute atomic E-state index is 0.272. The second-order valence-corrected chi connectivity index (χ2v) is 3.75. The van der Waals surface area contributed by atoms with Crippen molar-refractivity contribution in [1.29, 1.82) is 0 Å². The number of carboxylic acid groups (broad SMARTS) is 1. The first-order valence-corrected chi connectivity index (χ1v) is 5.26. The predicted octanol–water partition coefficient (Wildman–Crippen LogP) is 2.32. The van der Waals surface area contributed by atoms with Crippen molar-refractivity contribution in [1.82, 2.24) is 14.8 Å². The van der Waals surface area contributed by atoms with E-state index in [2.05, 4.69) is 10.1 Å². The van der Waals surface area contributed by atoms with Crippen LogP contribution in [-0.4, -0.2) is 25.8 Å². The van der Waals surface area contributed by atoms with E-state index in [4.69, 9.17) is 9.84 Å². The summed E-state index contributed by atoms with van der Waals surface area (Å²) >= 11 is 0. The first-order valence-electron chi connectivity index (χ1n) is 5.26. The summed E-state index contributed by atoms with van der Waals surface area (Å²) in [6.45, 7) is 0. The van der Waals surface area contributed by atoms with Crippen molar-refractivity contribution < 1.29 is 27.8 Å². The minimum Gasteiger partial charge on any atom is -0.477 e. The number of carboxylic acids is 1. The summed E-state index contributed by atoms with van der Waals surface area (Å²) in [7, 11) is 1.10. The number of aryl methyl sites for hydroxylation is 1. The number of carbonyl (C=O) groups is 1. The van der Waals surface area contributed by atoms with Gasteiger partial charge in [0.1, 0.15) is 11.3 Å². The standard InChI is InChI=1S/C11H8F3N3O3/c1-17-7(11(12,13)14)5-8(16-17)20-9-6(10(18)19)3-2-4-15-9/h2-5H,1H3,(H,18,19). The number of rotatable bonds is 3. The van der Waals surface area contributed by atoms with Crippen LogP contribution in [0, 0.1) is 0 Å². The lowest BCUT2D eigenvalue weighted by atomic mass is 10.3. The summed E-state index contributed by atoms with van der Waals surface area (Å²) in [5.41, 5.74) is -1.29. The van der Waals surface area contributed by atoms with E-state index in [0.29, 0.717) is 10.7 Å². The van der Waals surface area contributed by atoms with Gasteiger partial charge in [-0.05, 0) is 12.1 Å². The van der Waals surface area contributed by atoms with E-state index in [9.17, 15) is 18.0 Å². The highest BCUT2D eigenvalue weighted by molar-refractivity contribution is 5.90. The van der Waals surface area contributed by atoms with Crippen molar-refractivity contribution >= 4 is 5.97 Å². The highest BCUT2D eigenvalue weighted by Crippen LogP contribution is 2.32. The molecular weight excluding hydrogens is 279 g/mol. The lowest BCUT2D eigenvalue weighted by Crippen LogP contribution is -2.11. The highest BCUT2D eigenvalue weighted by atomic mass is 19.4. The van der Waals surface area contributed by atoms with Crippen LogP contribution < -0.4 is 4.74 Å². The largest absolute Gasteiger partial charge is 0.477 e. The van der Waals surface area contributed by atoms with Crippen LogP contribution in [0.1, 0.15) is 16.1 Å². The second kappa shape index (κ2) is 4.83. The molecule has 1 N–H and O–H groups in total. The SMILES string of the molecule is Cn1nc(Oc2ncccc2C(=O)O)cc1C(F)(F)F. The third kappa shape index (κ3) is 2.71. The van der Waals surface area contributed by atoms with Crippen LogP contribution in [0.4, 0.5) is 13.2 Å². The molecule has 9 heteroatoms. The monoisotopic (exact) mass is 287 g/mol. The normalized spacial score (nSPS) is 11.4. The average molecular weight is 287 g/mol. The second-order valence-electron chi connectivity index (χ2n) is 3.75. The van der Waals surface area contributed by atoms with Gasteiger partial charge in [-0.2, -0.15) is 13.2 Å². The molecule has 106 valence electrons. The Hall–Kier alpha value is -2.58. The van der Waals surface area contributed by atoms with E-state index < -0.39 is 17.8 Å². The fourth-order valence-corrected chi connectivity index (χ4v) is 1.49. The van der Waals surface area contributed by atoms with Crippen LogP contribution in [0.3, 0.4) is 0 Å². The Labute approximate surface area is 110 Å². The maximum Gasteiger partial charge on any atom is 0.433 e. The maximum absolute atomic E-state index is 12.6. The molecule has 0 radical (unpaired) electrons. The van der Waals surface area contributed by atoms with E-state index >= 15 is 0 Å². The molecule has 2 aromatic rings. The van der Waals surface area contributed by atoms with Crippen LogP contribution in [0.15, 0.2) is 24.4 Å². The molecule has 0 fully saturated rings. The summed E-state index contributed by atoms with van der Waals surface area (Å²) in [5, 5.41) is 12.4. The quantitative estimate of drug-likeness (QED) is 0.937. The van der Waals surface area contributed by atoms with E-state index in [-0.39, 0.29) is 17.3 Å². The number of aromatic carboxylic acids is 1. The van der Waals surface area contributed by atoms with Crippen molar-refractivity contribution in [3.05, 3.63) is 35.7 Å². The van der Waals surface area contributed by atoms with Crippen molar-refractivity contribution in [2.75, 3.05) is 0 Å². The van der Waals surface area contributed by atoms with Crippen molar-refractivity contribution in [2.24, 2.45) is 7.05 Å². The van der Waals surface area contributed by atoms with Gasteiger partial charge in [-0.3, -0.25) is 4.68 Å². The van der Waals surface area contributed by atoms with Crippen LogP contribution in [-0.2, 0) is 13.2 Å². The third-order valence-electron chi connectivity index (χ3n) is 2.35. The van der Waals surface area contributed by atoms with Crippen molar-refractivity contribution in [3.63, 3.8) is 0 Å². The van der Waals surface area contributed by atoms with Crippen molar-refractivity contribution in [2.45, 2.75) is 6.18 Å². The maximum atomic E-state index is 12.6. The number of aromatic nitrogens is 3. The molecule has 0 bridgehead atoms. The molecule has 0 aliphatic heterocycles. The molecule has 0 unspecified atom stereocenters. The number of ether oxygens (including phenoxy) is 1. The first-order chi connectivity index (χ1) is 9.29. The average Bonchev–Trinajstić information content (AvgIpc) is 2.70. The molecular formula is C11H8F3N3O3. The molecule has 2 aromatic heterocycles. The Bertz CT molecular complexity index is 652. The molecule has 20 heavy (non-hydrogen) atoms. The van der Waals surface area contributed by atoms with Crippen LogP contribution in [0.2, 0.25) is 0 Å². The predicted molar refractivity (Wildman–Crippen MR) is 59.5 cm³/mol. The molecule has 0 aromatic carbocycles. The lowest BCUT2D eigenvalue weighted by molar-refractivity contribution is -0.143. The minimum atomic E-state index is -4.58. The number of alkyl halides is 3. The van der Waals surface area contributed by atoms with Gasteiger partial charge in [0.25, 0.3) is 0 Å². The van der Waals surface area contributed by atoms with Crippen LogP contribution in [0.25, 0.3) is 0 Å². The number of halogens is 3. The van der Waals surface area contributed by atoms with Gasteiger partial charge in [0.15, 0.2) is 0 Å². The molecule has 2 heterocycles. The van der Waals surface area contributed by atoms with Crippen LogP contribution >= 0.6 is 0 Å². The Kier molecular flexibility index (Phi) is 3.35. The summed E-state index contributed by atoms with van der Waals surface area (Å²) < 4.78 is 43.3. The Morgan fingerprint density at radius 3 is 2.70 bits per heavy atom. The lowest BCUT2D eigenvalue weighted by Gasteiger charge is -2.04. The Morgan fingerprint density at radius 1 is 1.45 bits per heavy atom. The fourth-order valence-electron chi connectivity index (χ4n) is 1.49. The summed E-state index contributed by atoms with van der Waals surface area (Å²) in [6, 6.07) is 3.26. The molecule has 0 saturated heterocycles. The Morgan fingerprint density at radius 2 is 2.15 bits per heavy atom. The molecule has 6 nitrogen and oxygen atoms in total. The zero-order valence-electron chi connectivity index (χ0n) is 10.0. The number of hydrogen-bond acceptors (Lipinski definition) is 4. The zero-order chi connectivity index (χ0) is 14.9. The molecule has 0 aliphatic carbocycles. The van der Waals surface area contributed by atoms with Gasteiger partial charge < -0.3 is 9.84 Å². The number of hydrogen-bond donors (Lipinski definition) is 1. The van der Waals surface area contributed by atoms with Gasteiger partial charge in [-0.25, -0.2) is 9.78 Å². The number of pyridine rings is 1. The van der Waals surface area contributed by atoms with E-state index in [0.717, 1.165) is 7.05 Å². The van der Waals surface area contributed by atoms with Crippen LogP contribution in [0.5, 0.6) is 11.8 Å². The molecule has 0 spiro atoms. The Balaban J connectivity index is 2.34. The van der Waals surface area contributed by atoms with Gasteiger partial charge in [0.2, 0.25) is 11.8 Å². The molecule has 0 aliphatic rings.